The molecule has 0 aromatic rings. The van der Waals surface area contributed by atoms with Gasteiger partial charge in [0.05, 0.1) is 0 Å². The Morgan fingerprint density at radius 2 is 2.38 bits per heavy atom. The summed E-state index contributed by atoms with van der Waals surface area (Å²) in [7, 11) is 0. The molecule has 1 aliphatic rings. The van der Waals surface area contributed by atoms with E-state index in [4.69, 9.17) is 0 Å². The van der Waals surface area contributed by atoms with Gasteiger partial charge in [-0.25, -0.2) is 0 Å². The normalized spacial score (nSPS) is 18.6. The first-order valence-corrected chi connectivity index (χ1v) is 3.31. The summed E-state index contributed by atoms with van der Waals surface area (Å²) < 4.78 is 1.13. The highest BCUT2D eigenvalue weighted by atomic mass is 79.9. The van der Waals surface area contributed by atoms with Crippen molar-refractivity contribution in [3.8, 4) is 0 Å². The van der Waals surface area contributed by atoms with Crippen molar-refractivity contribution in [2.75, 3.05) is 0 Å². The molecule has 0 bridgehead atoms. The molecule has 0 fully saturated rings. The zero-order valence-electron chi connectivity index (χ0n) is 4.52. The largest absolute Gasteiger partial charge is 0.0907 e. The van der Waals surface area contributed by atoms with Gasteiger partial charge < -0.3 is 0 Å². The van der Waals surface area contributed by atoms with Gasteiger partial charge in [-0.05, 0) is 12.0 Å². The van der Waals surface area contributed by atoms with Crippen molar-refractivity contribution in [3.63, 3.8) is 0 Å². The van der Waals surface area contributed by atoms with E-state index in [0.717, 1.165) is 16.5 Å². The van der Waals surface area contributed by atoms with E-state index in [9.17, 15) is 0 Å². The summed E-state index contributed by atoms with van der Waals surface area (Å²) in [4.78, 5) is 0. The maximum absolute atomic E-state index is 3.79. The standard InChI is InChI=1S/C7H7Br/c1-6-4-2-3-5-7(6)8/h2,4-5H,1,3H2. The zero-order valence-corrected chi connectivity index (χ0v) is 6.11. The van der Waals surface area contributed by atoms with Crippen LogP contribution in [0.1, 0.15) is 6.42 Å². The highest BCUT2D eigenvalue weighted by Crippen LogP contribution is 2.20. The molecule has 0 saturated carbocycles. The van der Waals surface area contributed by atoms with E-state index in [1.165, 1.54) is 0 Å². The minimum Gasteiger partial charge on any atom is -0.0907 e. The van der Waals surface area contributed by atoms with Crippen molar-refractivity contribution >= 4 is 15.9 Å². The second-order valence-electron chi connectivity index (χ2n) is 1.72. The summed E-state index contributed by atoms with van der Waals surface area (Å²) in [6, 6.07) is 0. The quantitative estimate of drug-likeness (QED) is 0.525. The Balaban J connectivity index is 2.78. The average molecular weight is 171 g/mol. The molecule has 0 unspecified atom stereocenters. The van der Waals surface area contributed by atoms with E-state index in [2.05, 4.69) is 34.7 Å². The third-order valence-corrected chi connectivity index (χ3v) is 1.89. The molecule has 0 N–H and O–H groups in total. The minimum atomic E-state index is 1.03. The van der Waals surface area contributed by atoms with Gasteiger partial charge in [0.1, 0.15) is 0 Å². The SMILES string of the molecule is C=C1C=CCC=C1Br. The topological polar surface area (TPSA) is 0 Å². The Hall–Kier alpha value is -0.300. The van der Waals surface area contributed by atoms with Crippen molar-refractivity contribution < 1.29 is 0 Å². The Labute approximate surface area is 57.7 Å². The van der Waals surface area contributed by atoms with Crippen molar-refractivity contribution in [2.45, 2.75) is 6.42 Å². The van der Waals surface area contributed by atoms with Crippen LogP contribution in [0, 0.1) is 0 Å². The Kier molecular flexibility index (Phi) is 1.69. The summed E-state index contributed by atoms with van der Waals surface area (Å²) in [6.45, 7) is 3.79. The minimum absolute atomic E-state index is 1.03. The Bertz CT molecular complexity index is 163. The molecular formula is C7H7Br. The second kappa shape index (κ2) is 2.31. The lowest BCUT2D eigenvalue weighted by molar-refractivity contribution is 1.34. The molecule has 0 atom stereocenters. The molecule has 0 saturated heterocycles. The predicted molar refractivity (Wildman–Crippen MR) is 39.9 cm³/mol. The number of hydrogen-bond donors (Lipinski definition) is 0. The van der Waals surface area contributed by atoms with Gasteiger partial charge in [-0.3, -0.25) is 0 Å². The molecule has 0 heterocycles. The van der Waals surface area contributed by atoms with Gasteiger partial charge in [-0.2, -0.15) is 0 Å². The van der Waals surface area contributed by atoms with E-state index >= 15 is 0 Å². The Morgan fingerprint density at radius 3 is 2.75 bits per heavy atom. The first-order chi connectivity index (χ1) is 3.80. The average Bonchev–Trinajstić information content (AvgIpc) is 1.77. The van der Waals surface area contributed by atoms with Crippen LogP contribution in [0.5, 0.6) is 0 Å². The smallest absolute Gasteiger partial charge is 0.0204 e. The van der Waals surface area contributed by atoms with Crippen LogP contribution in [-0.2, 0) is 0 Å². The number of halogens is 1. The molecule has 0 aliphatic heterocycles. The lowest BCUT2D eigenvalue weighted by atomic mass is 10.1. The maximum Gasteiger partial charge on any atom is 0.0204 e. The molecule has 0 amide bonds. The van der Waals surface area contributed by atoms with Crippen LogP contribution < -0.4 is 0 Å². The van der Waals surface area contributed by atoms with E-state index in [-0.39, 0.29) is 0 Å². The van der Waals surface area contributed by atoms with Crippen molar-refractivity contribution in [3.05, 3.63) is 34.9 Å². The fourth-order valence-electron chi connectivity index (χ4n) is 0.593. The molecule has 0 aromatic carbocycles. The lowest BCUT2D eigenvalue weighted by Crippen LogP contribution is -1.79. The summed E-state index contributed by atoms with van der Waals surface area (Å²) in [5.74, 6) is 0. The Morgan fingerprint density at radius 1 is 1.62 bits per heavy atom. The van der Waals surface area contributed by atoms with Gasteiger partial charge in [-0.1, -0.05) is 40.7 Å². The van der Waals surface area contributed by atoms with Crippen LogP contribution >= 0.6 is 15.9 Å². The third-order valence-electron chi connectivity index (χ3n) is 1.06. The lowest BCUT2D eigenvalue weighted by Gasteiger charge is -2.00. The first kappa shape index (κ1) is 5.83. The van der Waals surface area contributed by atoms with Gasteiger partial charge in [0.15, 0.2) is 0 Å². The number of rotatable bonds is 0. The number of allylic oxidation sites excluding steroid dienone is 5. The van der Waals surface area contributed by atoms with Gasteiger partial charge in [0.25, 0.3) is 0 Å². The first-order valence-electron chi connectivity index (χ1n) is 2.52. The summed E-state index contributed by atoms with van der Waals surface area (Å²) >= 11 is 3.36. The summed E-state index contributed by atoms with van der Waals surface area (Å²) in [6.07, 6.45) is 7.24. The molecule has 8 heavy (non-hydrogen) atoms. The van der Waals surface area contributed by atoms with Crippen LogP contribution in [0.25, 0.3) is 0 Å². The predicted octanol–water partition coefficient (Wildman–Crippen LogP) is 2.78. The fraction of sp³-hybridized carbons (Fsp3) is 0.143. The van der Waals surface area contributed by atoms with E-state index in [0.29, 0.717) is 0 Å². The van der Waals surface area contributed by atoms with Gasteiger partial charge in [-0.15, -0.1) is 0 Å². The molecule has 42 valence electrons. The van der Waals surface area contributed by atoms with Crippen LogP contribution in [-0.4, -0.2) is 0 Å². The van der Waals surface area contributed by atoms with Crippen molar-refractivity contribution in [2.24, 2.45) is 0 Å². The molecule has 0 spiro atoms. The van der Waals surface area contributed by atoms with E-state index < -0.39 is 0 Å². The van der Waals surface area contributed by atoms with Gasteiger partial charge in [0.2, 0.25) is 0 Å². The molecular weight excluding hydrogens is 164 g/mol. The van der Waals surface area contributed by atoms with Gasteiger partial charge >= 0.3 is 0 Å². The zero-order chi connectivity index (χ0) is 5.98. The van der Waals surface area contributed by atoms with E-state index in [1.807, 2.05) is 6.08 Å². The monoisotopic (exact) mass is 170 g/mol. The molecule has 0 nitrogen and oxygen atoms in total. The fourth-order valence-corrected chi connectivity index (χ4v) is 0.912. The highest BCUT2D eigenvalue weighted by molar-refractivity contribution is 9.12. The highest BCUT2D eigenvalue weighted by Gasteiger charge is 1.95. The second-order valence-corrected chi connectivity index (χ2v) is 2.57. The summed E-state index contributed by atoms with van der Waals surface area (Å²) in [5, 5.41) is 0. The van der Waals surface area contributed by atoms with Crippen molar-refractivity contribution in [1.82, 2.24) is 0 Å². The summed E-state index contributed by atoms with van der Waals surface area (Å²) in [5.41, 5.74) is 1.07. The molecule has 0 aromatic heterocycles. The number of hydrogen-bond acceptors (Lipinski definition) is 0. The third kappa shape index (κ3) is 1.10. The van der Waals surface area contributed by atoms with Crippen LogP contribution in [0.15, 0.2) is 34.9 Å². The molecule has 0 radical (unpaired) electrons. The van der Waals surface area contributed by atoms with Crippen LogP contribution in [0.4, 0.5) is 0 Å². The maximum atomic E-state index is 3.79. The molecule has 1 aliphatic carbocycles. The molecule has 1 heteroatoms. The van der Waals surface area contributed by atoms with Crippen molar-refractivity contribution in [1.29, 1.82) is 0 Å². The molecule has 1 rings (SSSR count). The van der Waals surface area contributed by atoms with E-state index in [1.54, 1.807) is 0 Å². The van der Waals surface area contributed by atoms with Crippen LogP contribution in [0.3, 0.4) is 0 Å². The van der Waals surface area contributed by atoms with Crippen LogP contribution in [0.2, 0.25) is 0 Å². The van der Waals surface area contributed by atoms with Gasteiger partial charge in [0, 0.05) is 4.48 Å².